The van der Waals surface area contributed by atoms with Gasteiger partial charge in [0.05, 0.1) is 72.6 Å². The minimum Gasteiger partial charge on any atom is -0.494 e. The van der Waals surface area contributed by atoms with Crippen LogP contribution in [0.2, 0.25) is 0 Å². The van der Waals surface area contributed by atoms with Crippen molar-refractivity contribution < 1.29 is 145 Å². The van der Waals surface area contributed by atoms with Crippen LogP contribution in [0.1, 0.15) is 94.3 Å². The number of rotatable bonds is 61. The number of carboxylic acid groups (broad SMARTS) is 5. The van der Waals surface area contributed by atoms with Gasteiger partial charge >= 0.3 is 29.8 Å². The van der Waals surface area contributed by atoms with E-state index in [0.717, 1.165) is 11.0 Å². The quantitative estimate of drug-likeness (QED) is 0.0129. The van der Waals surface area contributed by atoms with E-state index in [0.29, 0.717) is 61.7 Å². The van der Waals surface area contributed by atoms with Crippen LogP contribution in [0, 0.1) is 27.7 Å². The SMILES string of the molecule is Cc1cc(OCCCC(=O)NCCNC(=O)C(CS(=O)(=O)O)NC(=O)CCC(NC(=O)CN2CCN(CC(=O)O)CCN(CC(=O)O)CCN(CC(=O)O)CC2)C(=O)NC(CS(=O)(=O)O)C(=O)NCCNC(=O)CCCOc2cc(C)c(S(=O)(=O)NC(CNC(=O)c3ccc4c(cnn4CCCNc4ncc[nH]4)c3)C(=O)O)c(C)c2)cc(C)c1S(=O)(=O)NC(CNC(=O)c1ccc2c(cnn2CCCNc2ncc[nH]2)c1)C(=O)O. The molecule has 8 aromatic rings. The molecule has 0 saturated carbocycles. The first-order chi connectivity index (χ1) is 70.5. The molecule has 5 atom stereocenters. The Kier molecular flexibility index (Phi) is 44.8. The van der Waals surface area contributed by atoms with Gasteiger partial charge in [-0.15, -0.1) is 0 Å². The number of fused-ring (bicyclic) bond motifs is 2. The minimum atomic E-state index is -5.22. The van der Waals surface area contributed by atoms with Gasteiger partial charge < -0.3 is 103 Å². The predicted molar refractivity (Wildman–Crippen MR) is 531 cm³/mol. The summed E-state index contributed by atoms with van der Waals surface area (Å²) in [5.41, 5.74) is 2.33. The zero-order valence-electron chi connectivity index (χ0n) is 81.7. The number of nitrogens with one attached hydrogen (secondary N) is 15. The monoisotopic (exact) mass is 2170 g/mol. The number of benzene rings is 4. The van der Waals surface area contributed by atoms with Crippen molar-refractivity contribution in [3.05, 3.63) is 131 Å². The van der Waals surface area contributed by atoms with Gasteiger partial charge in [0, 0.05) is 184 Å². The van der Waals surface area contributed by atoms with Gasteiger partial charge in [-0.1, -0.05) is 0 Å². The fourth-order valence-corrected chi connectivity index (χ4v) is 20.4. The molecule has 1 aliphatic rings. The average molecular weight is 2170 g/mol. The number of nitrogens with zero attached hydrogens (tertiary/aromatic N) is 10. The third-order valence-corrected chi connectivity index (χ3v) is 27.9. The number of carboxylic acids is 5. The number of H-pyrrole nitrogens is 2. The summed E-state index contributed by atoms with van der Waals surface area (Å²) in [4.78, 5) is 203. The van der Waals surface area contributed by atoms with Gasteiger partial charge in [0.25, 0.3) is 32.1 Å². The highest BCUT2D eigenvalue weighted by atomic mass is 32.2. The Hall–Kier alpha value is -14.5. The van der Waals surface area contributed by atoms with Crippen LogP contribution < -0.4 is 77.4 Å². The summed E-state index contributed by atoms with van der Waals surface area (Å²) in [6.45, 7) is 2.03. The molecule has 0 bridgehead atoms. The molecule has 5 unspecified atom stereocenters. The van der Waals surface area contributed by atoms with Crippen LogP contribution in [0.25, 0.3) is 21.8 Å². The van der Waals surface area contributed by atoms with Crippen molar-refractivity contribution in [1.82, 2.24) is 116 Å². The number of anilines is 2. The van der Waals surface area contributed by atoms with Crippen molar-refractivity contribution >= 4 is 157 Å². The Labute approximate surface area is 854 Å². The maximum absolute atomic E-state index is 14.5. The van der Waals surface area contributed by atoms with E-state index < -0.39 is 230 Å². The number of aryl methyl sites for hydroxylation is 6. The number of carbonyl (C=O) groups excluding carboxylic acids is 9. The van der Waals surface area contributed by atoms with Crippen LogP contribution in [0.4, 0.5) is 11.9 Å². The van der Waals surface area contributed by atoms with Gasteiger partial charge in [0.15, 0.2) is 11.9 Å². The number of hydrogen-bond acceptors (Lipinski definition) is 34. The molecule has 149 heavy (non-hydrogen) atoms. The molecule has 0 aliphatic carbocycles. The molecule has 1 aliphatic heterocycles. The van der Waals surface area contributed by atoms with Crippen molar-refractivity contribution in [2.45, 2.75) is 132 Å². The topological polar surface area (TPSA) is 798 Å². The van der Waals surface area contributed by atoms with E-state index in [-0.39, 0.29) is 159 Å². The smallest absolute Gasteiger partial charge is 0.323 e. The molecule has 1 saturated heterocycles. The molecule has 4 aromatic carbocycles. The first-order valence-electron chi connectivity index (χ1n) is 46.9. The lowest BCUT2D eigenvalue weighted by Crippen LogP contribution is -2.57. The third kappa shape index (κ3) is 39.9. The van der Waals surface area contributed by atoms with Crippen LogP contribution in [0.5, 0.6) is 11.5 Å². The standard InChI is InChI=1S/C89H123N25O31S4/c1-55-39-63(40-56(2)79(55)148(140,141)107-66(86(130)131)47-100-81(125)59-11-14-70-61(43-59)45-102-113(70)27-7-17-94-88-96-23-24-97-88)144-37-5-9-72(115)90-19-21-92-83(127)68(53-146(134,135)136)105-74(117)16-13-65(104-75(118)49-109-29-31-110(50-76(119)120)33-35-112(52-78(123)124)36-34-111(32-30-109)51-77(121)122)85(129)106-69(54-147(137,138)139)84(128)93-22-20-91-73(116)10-6-38-145-64-41-57(3)80(58(4)42-64)149(142,143)108-67(87(132)133)48-101-82(126)60-12-15-71-62(44-60)46-103-114(71)28-8-18-95-89-98-25-26-99-89/h11-12,14-15,23-26,39-46,65-69,107-108H,5-10,13,16-22,27-38,47-54H2,1-4H3,(H,90,115)(H,91,116)(H,92,127)(H,93,128)(H,100,125)(H,101,126)(H,104,118)(H,105,117)(H,106,129)(H,119,120)(H,121,122)(H,123,124)(H,130,131)(H,132,133)(H2,94,96,97)(H2,95,98,99)(H,134,135,136)(H,137,138,139). The minimum absolute atomic E-state index is 0.00241. The number of aromatic nitrogens is 8. The summed E-state index contributed by atoms with van der Waals surface area (Å²) in [6.07, 6.45) is 9.04. The molecular formula is C89H123N25O31S4. The van der Waals surface area contributed by atoms with Crippen molar-refractivity contribution in [2.75, 3.05) is 166 Å². The summed E-state index contributed by atoms with van der Waals surface area (Å²) >= 11 is 0. The second-order valence-corrected chi connectivity index (χ2v) is 41.0. The number of amides is 9. The first kappa shape index (κ1) is 118. The van der Waals surface area contributed by atoms with Crippen LogP contribution in [-0.2, 0) is 111 Å². The van der Waals surface area contributed by atoms with Crippen LogP contribution in [0.3, 0.4) is 0 Å². The summed E-state index contributed by atoms with van der Waals surface area (Å²) in [5, 5.41) is 86.9. The maximum atomic E-state index is 14.5. The Morgan fingerprint density at radius 3 is 1.12 bits per heavy atom. The number of aromatic amines is 2. The fraction of sp³-hybridized carbons (Fsp3) is 0.483. The molecule has 0 spiro atoms. The summed E-state index contributed by atoms with van der Waals surface area (Å²) < 4.78 is 145. The molecule has 1 fully saturated rings. The van der Waals surface area contributed by atoms with Crippen molar-refractivity contribution in [2.24, 2.45) is 0 Å². The Morgan fingerprint density at radius 1 is 0.403 bits per heavy atom. The molecule has 814 valence electrons. The molecule has 0 radical (unpaired) electrons. The van der Waals surface area contributed by atoms with E-state index in [1.165, 1.54) is 83.7 Å². The lowest BCUT2D eigenvalue weighted by atomic mass is 10.1. The second-order valence-electron chi connectivity index (χ2n) is 34.7. The van der Waals surface area contributed by atoms with Crippen LogP contribution in [-0.4, -0.2) is 396 Å². The zero-order valence-corrected chi connectivity index (χ0v) is 85.0. The molecule has 56 nitrogen and oxygen atoms in total. The van der Waals surface area contributed by atoms with E-state index >= 15 is 0 Å². The van der Waals surface area contributed by atoms with E-state index in [4.69, 9.17) is 9.47 Å². The highest BCUT2D eigenvalue weighted by Crippen LogP contribution is 2.29. The van der Waals surface area contributed by atoms with E-state index in [1.807, 2.05) is 0 Å². The first-order valence-corrected chi connectivity index (χ1v) is 53.1. The van der Waals surface area contributed by atoms with Gasteiger partial charge in [-0.3, -0.25) is 105 Å². The zero-order chi connectivity index (χ0) is 109. The normalized spacial score (nSPS) is 14.3. The predicted octanol–water partition coefficient (Wildman–Crippen LogP) is -3.64. The van der Waals surface area contributed by atoms with Gasteiger partial charge in [0.2, 0.25) is 61.4 Å². The number of sulfonamides is 2. The second kappa shape index (κ2) is 56.6. The summed E-state index contributed by atoms with van der Waals surface area (Å²) in [7, 11) is -19.5. The average Bonchev–Trinajstić information content (AvgIpc) is 1.69. The number of imidazole rings is 2. The highest BCUT2D eigenvalue weighted by Gasteiger charge is 2.36. The molecule has 9 amide bonds. The molecule has 9 rings (SSSR count). The third-order valence-electron chi connectivity index (χ3n) is 22.9. The largest absolute Gasteiger partial charge is 0.494 e. The van der Waals surface area contributed by atoms with Crippen molar-refractivity contribution in [3.63, 3.8) is 0 Å². The van der Waals surface area contributed by atoms with Crippen LogP contribution >= 0.6 is 0 Å². The molecular weight excluding hydrogens is 2040 g/mol. The summed E-state index contributed by atoms with van der Waals surface area (Å²) in [6, 6.07) is 4.98. The lowest BCUT2D eigenvalue weighted by Gasteiger charge is -2.33. The highest BCUT2D eigenvalue weighted by molar-refractivity contribution is 7.90. The Balaban J connectivity index is 0.756. The van der Waals surface area contributed by atoms with Gasteiger partial charge in [0.1, 0.15) is 53.2 Å². The molecule has 60 heteroatoms. The lowest BCUT2D eigenvalue weighted by molar-refractivity contribution is -0.140. The van der Waals surface area contributed by atoms with Gasteiger partial charge in [-0.25, -0.2) is 26.8 Å². The van der Waals surface area contributed by atoms with Crippen molar-refractivity contribution in [1.29, 1.82) is 0 Å². The fourth-order valence-electron chi connectivity index (χ4n) is 15.8. The number of ether oxygens (including phenoxy) is 2. The summed E-state index contributed by atoms with van der Waals surface area (Å²) in [5.74, 6) is -17.3. The maximum Gasteiger partial charge on any atom is 0.323 e. The van der Waals surface area contributed by atoms with Gasteiger partial charge in [-0.05, 0) is 143 Å². The van der Waals surface area contributed by atoms with E-state index in [1.54, 1.807) is 70.8 Å². The molecule has 22 N–H and O–H groups in total. The molecule has 5 heterocycles. The van der Waals surface area contributed by atoms with Crippen molar-refractivity contribution in [3.8, 4) is 11.5 Å². The number of hydrogen-bond donors (Lipinski definition) is 22. The Morgan fingerprint density at radius 2 is 0.765 bits per heavy atom. The number of aliphatic carboxylic acids is 5. The van der Waals surface area contributed by atoms with E-state index in [9.17, 15) is 135 Å². The van der Waals surface area contributed by atoms with Gasteiger partial charge in [-0.2, -0.15) is 36.5 Å². The molecule has 4 aromatic heterocycles. The van der Waals surface area contributed by atoms with E-state index in [2.05, 4.69) is 98.1 Å². The number of carbonyl (C=O) groups is 14. The Bertz CT molecular complexity index is 6460. The van der Waals surface area contributed by atoms with Crippen LogP contribution in [0.15, 0.2) is 108 Å².